The lowest BCUT2D eigenvalue weighted by atomic mass is 10.1. The number of benzene rings is 1. The quantitative estimate of drug-likeness (QED) is 0.793. The predicted molar refractivity (Wildman–Crippen MR) is 67.9 cm³/mol. The van der Waals surface area contributed by atoms with E-state index >= 15 is 0 Å². The largest absolute Gasteiger partial charge is 0.486 e. The zero-order chi connectivity index (χ0) is 13.0. The van der Waals surface area contributed by atoms with E-state index in [0.29, 0.717) is 18.0 Å². The average Bonchev–Trinajstić information content (AvgIpc) is 2.38. The molecule has 18 heavy (non-hydrogen) atoms. The maximum absolute atomic E-state index is 11.3. The molecule has 1 amide bonds. The van der Waals surface area contributed by atoms with E-state index < -0.39 is 5.91 Å². The van der Waals surface area contributed by atoms with Crippen LogP contribution in [0.15, 0.2) is 42.7 Å². The molecule has 4 N–H and O–H groups in total. The summed E-state index contributed by atoms with van der Waals surface area (Å²) < 4.78 is 5.56. The summed E-state index contributed by atoms with van der Waals surface area (Å²) in [6, 6.07) is 8.55. The van der Waals surface area contributed by atoms with Gasteiger partial charge < -0.3 is 16.2 Å². The molecule has 0 aliphatic carbocycles. The Bertz CT molecular complexity index is 555. The molecule has 2 aromatic rings. The molecule has 0 aliphatic heterocycles. The second kappa shape index (κ2) is 5.18. The van der Waals surface area contributed by atoms with Crippen LogP contribution in [-0.4, -0.2) is 10.9 Å². The smallest absolute Gasteiger partial charge is 0.252 e. The first-order valence-electron chi connectivity index (χ1n) is 5.38. The van der Waals surface area contributed by atoms with Crippen molar-refractivity contribution >= 4 is 11.6 Å². The van der Waals surface area contributed by atoms with Gasteiger partial charge in [-0.2, -0.15) is 0 Å². The second-order valence-corrected chi connectivity index (χ2v) is 3.73. The van der Waals surface area contributed by atoms with Gasteiger partial charge in [0.25, 0.3) is 5.91 Å². The molecule has 1 aromatic carbocycles. The summed E-state index contributed by atoms with van der Waals surface area (Å²) in [4.78, 5) is 15.2. The van der Waals surface area contributed by atoms with E-state index in [-0.39, 0.29) is 5.56 Å². The minimum Gasteiger partial charge on any atom is -0.486 e. The number of nitrogens with zero attached hydrogens (tertiary/aromatic N) is 1. The Morgan fingerprint density at radius 1 is 1.22 bits per heavy atom. The third-order valence-corrected chi connectivity index (χ3v) is 2.44. The van der Waals surface area contributed by atoms with E-state index in [2.05, 4.69) is 4.98 Å². The molecule has 2 rings (SSSR count). The Morgan fingerprint density at radius 2 is 1.94 bits per heavy atom. The van der Waals surface area contributed by atoms with Crippen LogP contribution in [0.4, 0.5) is 5.69 Å². The van der Waals surface area contributed by atoms with Gasteiger partial charge in [-0.05, 0) is 29.8 Å². The topological polar surface area (TPSA) is 91.2 Å². The zero-order valence-electron chi connectivity index (χ0n) is 9.67. The number of rotatable bonds is 4. The monoisotopic (exact) mass is 243 g/mol. The number of carbonyl (C=O) groups is 1. The Hall–Kier alpha value is -2.56. The van der Waals surface area contributed by atoms with Gasteiger partial charge in [0.1, 0.15) is 6.61 Å². The molecular formula is C13H13N3O2. The van der Waals surface area contributed by atoms with Crippen LogP contribution in [0, 0.1) is 0 Å². The molecule has 1 heterocycles. The fraction of sp³-hybridized carbons (Fsp3) is 0.0769. The summed E-state index contributed by atoms with van der Waals surface area (Å²) in [5.74, 6) is -0.242. The van der Waals surface area contributed by atoms with Crippen molar-refractivity contribution in [2.45, 2.75) is 6.61 Å². The van der Waals surface area contributed by atoms with Crippen LogP contribution in [0.1, 0.15) is 15.9 Å². The normalized spacial score (nSPS) is 10.0. The van der Waals surface area contributed by atoms with E-state index in [1.54, 1.807) is 30.6 Å². The minimum atomic E-state index is -0.563. The Morgan fingerprint density at radius 3 is 2.61 bits per heavy atom. The number of carbonyl (C=O) groups excluding carboxylic acids is 1. The van der Waals surface area contributed by atoms with E-state index in [1.807, 2.05) is 12.1 Å². The van der Waals surface area contributed by atoms with Gasteiger partial charge in [0, 0.05) is 12.4 Å². The van der Waals surface area contributed by atoms with Crippen LogP contribution in [-0.2, 0) is 6.61 Å². The number of amides is 1. The molecule has 0 saturated heterocycles. The van der Waals surface area contributed by atoms with Gasteiger partial charge >= 0.3 is 0 Å². The van der Waals surface area contributed by atoms with Gasteiger partial charge in [0.05, 0.1) is 11.3 Å². The number of para-hydroxylation sites is 1. The number of hydrogen-bond acceptors (Lipinski definition) is 4. The summed E-state index contributed by atoms with van der Waals surface area (Å²) in [5.41, 5.74) is 12.7. The Kier molecular flexibility index (Phi) is 3.43. The van der Waals surface area contributed by atoms with Crippen LogP contribution in [0.3, 0.4) is 0 Å². The fourth-order valence-corrected chi connectivity index (χ4v) is 1.54. The van der Waals surface area contributed by atoms with Crippen molar-refractivity contribution in [2.75, 3.05) is 5.73 Å². The van der Waals surface area contributed by atoms with E-state index in [0.717, 1.165) is 5.56 Å². The van der Waals surface area contributed by atoms with Crippen molar-refractivity contribution in [2.24, 2.45) is 5.73 Å². The third-order valence-electron chi connectivity index (χ3n) is 2.44. The van der Waals surface area contributed by atoms with Crippen molar-refractivity contribution < 1.29 is 9.53 Å². The van der Waals surface area contributed by atoms with Gasteiger partial charge in [0.15, 0.2) is 5.75 Å². The highest BCUT2D eigenvalue weighted by molar-refractivity contribution is 5.97. The van der Waals surface area contributed by atoms with Crippen LogP contribution < -0.4 is 16.2 Å². The van der Waals surface area contributed by atoms with Gasteiger partial charge in [-0.1, -0.05) is 6.07 Å². The van der Waals surface area contributed by atoms with E-state index in [9.17, 15) is 4.79 Å². The maximum Gasteiger partial charge on any atom is 0.252 e. The third kappa shape index (κ3) is 2.57. The molecule has 0 radical (unpaired) electrons. The molecule has 0 saturated carbocycles. The molecular weight excluding hydrogens is 230 g/mol. The predicted octanol–water partition coefficient (Wildman–Crippen LogP) is 1.34. The highest BCUT2D eigenvalue weighted by Gasteiger charge is 2.12. The molecule has 0 spiro atoms. The van der Waals surface area contributed by atoms with Crippen molar-refractivity contribution in [3.8, 4) is 5.75 Å². The lowest BCUT2D eigenvalue weighted by Gasteiger charge is -2.11. The van der Waals surface area contributed by atoms with Gasteiger partial charge in [0.2, 0.25) is 0 Å². The average molecular weight is 243 g/mol. The van der Waals surface area contributed by atoms with Crippen LogP contribution in [0.2, 0.25) is 0 Å². The first-order chi connectivity index (χ1) is 8.68. The standard InChI is InChI=1S/C13H13N3O2/c14-11-3-1-2-10(13(15)17)12(11)18-8-9-4-6-16-7-5-9/h1-7H,8,14H2,(H2,15,17). The number of hydrogen-bond donors (Lipinski definition) is 2. The first-order valence-corrected chi connectivity index (χ1v) is 5.38. The summed E-state index contributed by atoms with van der Waals surface area (Å²) in [6.07, 6.45) is 3.34. The SMILES string of the molecule is NC(=O)c1cccc(N)c1OCc1ccncc1. The lowest BCUT2D eigenvalue weighted by Crippen LogP contribution is -2.14. The molecule has 0 fully saturated rings. The van der Waals surface area contributed by atoms with Gasteiger partial charge in [-0.3, -0.25) is 9.78 Å². The summed E-state index contributed by atoms with van der Waals surface area (Å²) in [7, 11) is 0. The summed E-state index contributed by atoms with van der Waals surface area (Å²) in [5, 5.41) is 0. The minimum absolute atomic E-state index is 0.282. The highest BCUT2D eigenvalue weighted by atomic mass is 16.5. The summed E-state index contributed by atoms with van der Waals surface area (Å²) >= 11 is 0. The van der Waals surface area contributed by atoms with Crippen molar-refractivity contribution in [3.63, 3.8) is 0 Å². The number of nitrogens with two attached hydrogens (primary N) is 2. The Labute approximate surface area is 104 Å². The maximum atomic E-state index is 11.3. The van der Waals surface area contributed by atoms with Crippen LogP contribution in [0.25, 0.3) is 0 Å². The molecule has 0 aliphatic rings. The number of pyridine rings is 1. The van der Waals surface area contributed by atoms with Gasteiger partial charge in [-0.25, -0.2) is 0 Å². The van der Waals surface area contributed by atoms with Crippen LogP contribution in [0.5, 0.6) is 5.75 Å². The molecule has 5 nitrogen and oxygen atoms in total. The second-order valence-electron chi connectivity index (χ2n) is 3.73. The zero-order valence-corrected chi connectivity index (χ0v) is 9.67. The van der Waals surface area contributed by atoms with E-state index in [4.69, 9.17) is 16.2 Å². The Balaban J connectivity index is 2.21. The fourth-order valence-electron chi connectivity index (χ4n) is 1.54. The number of nitrogen functional groups attached to an aromatic ring is 1. The first kappa shape index (κ1) is 11.9. The number of primary amides is 1. The lowest BCUT2D eigenvalue weighted by molar-refractivity contribution is 0.0996. The molecule has 1 aromatic heterocycles. The molecule has 0 unspecified atom stereocenters. The number of ether oxygens (including phenoxy) is 1. The molecule has 0 atom stereocenters. The van der Waals surface area contributed by atoms with E-state index in [1.165, 1.54) is 0 Å². The highest BCUT2D eigenvalue weighted by Crippen LogP contribution is 2.26. The molecule has 0 bridgehead atoms. The van der Waals surface area contributed by atoms with Crippen molar-refractivity contribution in [3.05, 3.63) is 53.9 Å². The van der Waals surface area contributed by atoms with Gasteiger partial charge in [-0.15, -0.1) is 0 Å². The van der Waals surface area contributed by atoms with Crippen molar-refractivity contribution in [1.29, 1.82) is 0 Å². The number of aromatic nitrogens is 1. The number of anilines is 1. The van der Waals surface area contributed by atoms with Crippen molar-refractivity contribution in [1.82, 2.24) is 4.98 Å². The summed E-state index contributed by atoms with van der Waals surface area (Å²) in [6.45, 7) is 0.303. The molecule has 92 valence electrons. The van der Waals surface area contributed by atoms with Crippen LogP contribution >= 0.6 is 0 Å². The molecule has 5 heteroatoms.